The first-order valence-electron chi connectivity index (χ1n) is 6.67. The number of pyridine rings is 1. The summed E-state index contributed by atoms with van der Waals surface area (Å²) in [7, 11) is 1.62. The van der Waals surface area contributed by atoms with Gasteiger partial charge in [0.15, 0.2) is 0 Å². The van der Waals surface area contributed by atoms with Gasteiger partial charge in [-0.2, -0.15) is 5.10 Å². The van der Waals surface area contributed by atoms with Crippen molar-refractivity contribution in [3.63, 3.8) is 0 Å². The van der Waals surface area contributed by atoms with Gasteiger partial charge in [0, 0.05) is 6.20 Å². The van der Waals surface area contributed by atoms with E-state index in [-0.39, 0.29) is 5.91 Å². The summed E-state index contributed by atoms with van der Waals surface area (Å²) >= 11 is 0. The fraction of sp³-hybridized carbons (Fsp3) is 0.188. The molecule has 1 aromatic heterocycles. The number of ether oxygens (including phenoxy) is 1. The number of rotatable bonds is 5. The molecule has 0 saturated heterocycles. The minimum absolute atomic E-state index is 0.324. The van der Waals surface area contributed by atoms with Gasteiger partial charge in [-0.05, 0) is 48.4 Å². The predicted octanol–water partition coefficient (Wildman–Crippen LogP) is 2.63. The predicted molar refractivity (Wildman–Crippen MR) is 81.5 cm³/mol. The topological polar surface area (TPSA) is 63.6 Å². The smallest absolute Gasteiger partial charge is 0.289 e. The lowest BCUT2D eigenvalue weighted by molar-refractivity contribution is 0.0950. The summed E-state index contributed by atoms with van der Waals surface area (Å²) in [5.41, 5.74) is 4.61. The average Bonchev–Trinajstić information content (AvgIpc) is 2.56. The lowest BCUT2D eigenvalue weighted by Crippen LogP contribution is -2.20. The van der Waals surface area contributed by atoms with Gasteiger partial charge in [0.05, 0.1) is 12.8 Å². The van der Waals surface area contributed by atoms with Crippen LogP contribution in [0.1, 0.15) is 29.4 Å². The fourth-order valence-corrected chi connectivity index (χ4v) is 1.80. The highest BCUT2D eigenvalue weighted by Crippen LogP contribution is 2.13. The van der Waals surface area contributed by atoms with Crippen molar-refractivity contribution < 1.29 is 9.53 Å². The Morgan fingerprint density at radius 1 is 1.24 bits per heavy atom. The number of methoxy groups -OCH3 is 1. The molecule has 1 aromatic carbocycles. The zero-order valence-corrected chi connectivity index (χ0v) is 12.0. The normalized spacial score (nSPS) is 11.0. The highest BCUT2D eigenvalue weighted by Gasteiger charge is 2.06. The Morgan fingerprint density at radius 2 is 2.00 bits per heavy atom. The number of aromatic nitrogens is 1. The Labute approximate surface area is 123 Å². The maximum atomic E-state index is 11.9. The molecule has 5 heteroatoms. The first kappa shape index (κ1) is 14.7. The molecule has 2 aromatic rings. The van der Waals surface area contributed by atoms with E-state index < -0.39 is 0 Å². The van der Waals surface area contributed by atoms with Gasteiger partial charge in [-0.3, -0.25) is 9.78 Å². The monoisotopic (exact) mass is 283 g/mol. The van der Waals surface area contributed by atoms with Gasteiger partial charge in [-0.1, -0.05) is 13.0 Å². The quantitative estimate of drug-likeness (QED) is 0.677. The number of carbonyl (C=O) groups is 1. The molecule has 0 unspecified atom stereocenters. The maximum absolute atomic E-state index is 11.9. The van der Waals surface area contributed by atoms with Crippen LogP contribution >= 0.6 is 0 Å². The van der Waals surface area contributed by atoms with Crippen molar-refractivity contribution in [1.29, 1.82) is 0 Å². The van der Waals surface area contributed by atoms with E-state index in [2.05, 4.69) is 15.5 Å². The van der Waals surface area contributed by atoms with Crippen LogP contribution in [0.2, 0.25) is 0 Å². The van der Waals surface area contributed by atoms with Crippen LogP contribution in [0.25, 0.3) is 0 Å². The van der Waals surface area contributed by atoms with Crippen LogP contribution in [0.15, 0.2) is 53.8 Å². The SMILES string of the molecule is CC/C(=N/NC(=O)c1ccccn1)c1ccc(OC)cc1. The van der Waals surface area contributed by atoms with E-state index in [0.717, 1.165) is 17.0 Å². The summed E-state index contributed by atoms with van der Waals surface area (Å²) in [5.74, 6) is 0.460. The second kappa shape index (κ2) is 7.19. The Hall–Kier alpha value is -2.69. The third kappa shape index (κ3) is 3.89. The standard InChI is InChI=1S/C16H17N3O2/c1-3-14(12-7-9-13(21-2)10-8-12)18-19-16(20)15-6-4-5-11-17-15/h4-11H,3H2,1-2H3,(H,19,20)/b18-14-. The van der Waals surface area contributed by atoms with Gasteiger partial charge in [0.25, 0.3) is 5.91 Å². The van der Waals surface area contributed by atoms with Crippen LogP contribution in [0.4, 0.5) is 0 Å². The van der Waals surface area contributed by atoms with Crippen LogP contribution in [0.5, 0.6) is 5.75 Å². The number of nitrogens with zero attached hydrogens (tertiary/aromatic N) is 2. The molecular formula is C16H17N3O2. The molecular weight excluding hydrogens is 266 g/mol. The Morgan fingerprint density at radius 3 is 2.57 bits per heavy atom. The molecule has 0 fully saturated rings. The minimum Gasteiger partial charge on any atom is -0.497 e. The molecule has 21 heavy (non-hydrogen) atoms. The van der Waals surface area contributed by atoms with E-state index >= 15 is 0 Å². The molecule has 0 bridgehead atoms. The zero-order valence-electron chi connectivity index (χ0n) is 12.0. The van der Waals surface area contributed by atoms with E-state index in [0.29, 0.717) is 12.1 Å². The van der Waals surface area contributed by atoms with Crippen molar-refractivity contribution in [2.24, 2.45) is 5.10 Å². The van der Waals surface area contributed by atoms with E-state index in [9.17, 15) is 4.79 Å². The maximum Gasteiger partial charge on any atom is 0.289 e. The van der Waals surface area contributed by atoms with E-state index in [1.165, 1.54) is 0 Å². The van der Waals surface area contributed by atoms with Crippen molar-refractivity contribution in [2.75, 3.05) is 7.11 Å². The number of benzene rings is 1. The van der Waals surface area contributed by atoms with E-state index in [1.54, 1.807) is 31.5 Å². The Balaban J connectivity index is 2.11. The van der Waals surface area contributed by atoms with Gasteiger partial charge < -0.3 is 4.74 Å². The Bertz CT molecular complexity index is 622. The van der Waals surface area contributed by atoms with Gasteiger partial charge in [0.1, 0.15) is 11.4 Å². The molecule has 0 atom stereocenters. The highest BCUT2D eigenvalue weighted by atomic mass is 16.5. The number of hydrazone groups is 1. The largest absolute Gasteiger partial charge is 0.497 e. The van der Waals surface area contributed by atoms with Crippen molar-refractivity contribution in [3.8, 4) is 5.75 Å². The molecule has 108 valence electrons. The van der Waals surface area contributed by atoms with Crippen molar-refractivity contribution >= 4 is 11.6 Å². The molecule has 0 aliphatic rings. The molecule has 1 N–H and O–H groups in total. The summed E-state index contributed by atoms with van der Waals surface area (Å²) < 4.78 is 5.12. The first-order chi connectivity index (χ1) is 10.2. The van der Waals surface area contributed by atoms with Crippen LogP contribution in [0.3, 0.4) is 0 Å². The third-order valence-electron chi connectivity index (χ3n) is 2.95. The van der Waals surface area contributed by atoms with Crippen LogP contribution in [-0.4, -0.2) is 23.7 Å². The summed E-state index contributed by atoms with van der Waals surface area (Å²) in [4.78, 5) is 15.9. The van der Waals surface area contributed by atoms with Gasteiger partial charge >= 0.3 is 0 Å². The molecule has 2 rings (SSSR count). The van der Waals surface area contributed by atoms with Crippen molar-refractivity contribution in [3.05, 3.63) is 59.9 Å². The van der Waals surface area contributed by atoms with E-state index in [4.69, 9.17) is 4.74 Å². The number of nitrogens with one attached hydrogen (secondary N) is 1. The summed E-state index contributed by atoms with van der Waals surface area (Å²) in [5, 5.41) is 4.18. The van der Waals surface area contributed by atoms with Crippen molar-refractivity contribution in [1.82, 2.24) is 10.4 Å². The second-order valence-corrected chi connectivity index (χ2v) is 4.30. The number of hydrogen-bond donors (Lipinski definition) is 1. The second-order valence-electron chi connectivity index (χ2n) is 4.30. The fourth-order valence-electron chi connectivity index (χ4n) is 1.80. The summed E-state index contributed by atoms with van der Waals surface area (Å²) in [6, 6.07) is 12.7. The molecule has 1 heterocycles. The average molecular weight is 283 g/mol. The highest BCUT2D eigenvalue weighted by molar-refractivity contribution is 6.01. The molecule has 1 amide bonds. The van der Waals surface area contributed by atoms with Crippen LogP contribution < -0.4 is 10.2 Å². The number of carbonyl (C=O) groups excluding carboxylic acids is 1. The molecule has 5 nitrogen and oxygen atoms in total. The van der Waals surface area contributed by atoms with Crippen LogP contribution in [0, 0.1) is 0 Å². The van der Waals surface area contributed by atoms with E-state index in [1.807, 2.05) is 31.2 Å². The van der Waals surface area contributed by atoms with Crippen molar-refractivity contribution in [2.45, 2.75) is 13.3 Å². The molecule has 0 radical (unpaired) electrons. The van der Waals surface area contributed by atoms with Gasteiger partial charge in [0.2, 0.25) is 0 Å². The zero-order chi connectivity index (χ0) is 15.1. The molecule has 0 aliphatic heterocycles. The third-order valence-corrected chi connectivity index (χ3v) is 2.95. The number of amides is 1. The van der Waals surface area contributed by atoms with Gasteiger partial charge in [-0.15, -0.1) is 0 Å². The molecule has 0 aliphatic carbocycles. The molecule has 0 spiro atoms. The number of hydrogen-bond acceptors (Lipinski definition) is 4. The Kier molecular flexibility index (Phi) is 5.04. The van der Waals surface area contributed by atoms with Gasteiger partial charge in [-0.25, -0.2) is 5.43 Å². The summed E-state index contributed by atoms with van der Waals surface area (Å²) in [6.07, 6.45) is 2.28. The molecule has 0 saturated carbocycles. The minimum atomic E-state index is -0.324. The van der Waals surface area contributed by atoms with Crippen LogP contribution in [-0.2, 0) is 0 Å². The lowest BCUT2D eigenvalue weighted by atomic mass is 10.1. The first-order valence-corrected chi connectivity index (χ1v) is 6.67. The summed E-state index contributed by atoms with van der Waals surface area (Å²) in [6.45, 7) is 1.98. The lowest BCUT2D eigenvalue weighted by Gasteiger charge is -2.06.